The minimum atomic E-state index is -0.558. The second kappa shape index (κ2) is 14.6. The van der Waals surface area contributed by atoms with Crippen LogP contribution in [0.15, 0.2) is 60.9 Å². The van der Waals surface area contributed by atoms with Crippen LogP contribution >= 0.6 is 0 Å². The number of rotatable bonds is 11. The van der Waals surface area contributed by atoms with Crippen molar-refractivity contribution in [1.29, 1.82) is 0 Å². The van der Waals surface area contributed by atoms with Gasteiger partial charge in [-0.2, -0.15) is 0 Å². The zero-order valence-electron chi connectivity index (χ0n) is 26.0. The molecule has 4 rings (SSSR count). The lowest BCUT2D eigenvalue weighted by molar-refractivity contribution is -0.107. The van der Waals surface area contributed by atoms with Crippen LogP contribution in [0.25, 0.3) is 0 Å². The Morgan fingerprint density at radius 3 is 2.41 bits per heavy atom. The summed E-state index contributed by atoms with van der Waals surface area (Å²) >= 11 is 0. The predicted octanol–water partition coefficient (Wildman–Crippen LogP) is 3.89. The second-order valence-electron chi connectivity index (χ2n) is 11.7. The van der Waals surface area contributed by atoms with Crippen molar-refractivity contribution in [2.45, 2.75) is 32.9 Å². The van der Waals surface area contributed by atoms with E-state index in [0.717, 1.165) is 23.5 Å². The van der Waals surface area contributed by atoms with Crippen LogP contribution in [-0.2, 0) is 16.1 Å². The highest BCUT2D eigenvalue weighted by atomic mass is 16.6. The number of nitrogens with one attached hydrogen (secondary N) is 1. The molecule has 0 bridgehead atoms. The standard InChI is InChI=1S/C32H41N7O5/c1-32(2,3)44-31(42)38-17-15-37(16-18-38)28-13-14-33-21-27(28)35-30(41)26-7-6-8-29(34-26)39(23-40)22-24-9-11-25(12-10-24)43-20-19-36(4)5/h6-14,21,23H,15-20,22H2,1-5H3,(H,35,41). The fourth-order valence-corrected chi connectivity index (χ4v) is 4.52. The molecule has 1 aromatic carbocycles. The minimum absolute atomic E-state index is 0.156. The number of carbonyl (C=O) groups excluding carboxylic acids is 3. The molecule has 12 heteroatoms. The summed E-state index contributed by atoms with van der Waals surface area (Å²) in [5.74, 6) is 0.673. The van der Waals surface area contributed by atoms with Crippen molar-refractivity contribution in [3.05, 3.63) is 72.2 Å². The van der Waals surface area contributed by atoms with E-state index in [1.165, 1.54) is 4.90 Å². The fraction of sp³-hybridized carbons (Fsp3) is 0.406. The molecule has 0 spiro atoms. The van der Waals surface area contributed by atoms with Gasteiger partial charge >= 0.3 is 6.09 Å². The Balaban J connectivity index is 1.39. The molecule has 1 N–H and O–H groups in total. The number of nitrogens with zero attached hydrogens (tertiary/aromatic N) is 6. The zero-order chi connectivity index (χ0) is 31.7. The molecule has 3 heterocycles. The first kappa shape index (κ1) is 32.2. The van der Waals surface area contributed by atoms with Crippen LogP contribution in [0.5, 0.6) is 5.75 Å². The molecule has 0 atom stereocenters. The van der Waals surface area contributed by atoms with Crippen LogP contribution in [0.4, 0.5) is 22.0 Å². The van der Waals surface area contributed by atoms with E-state index in [4.69, 9.17) is 9.47 Å². The van der Waals surface area contributed by atoms with Gasteiger partial charge in [0, 0.05) is 38.9 Å². The number of amides is 3. The molecule has 3 amide bonds. The number of likely N-dealkylation sites (N-methyl/N-ethyl adjacent to an activating group) is 1. The van der Waals surface area contributed by atoms with Gasteiger partial charge in [-0.3, -0.25) is 19.5 Å². The molecule has 0 radical (unpaired) electrons. The van der Waals surface area contributed by atoms with Crippen molar-refractivity contribution in [3.63, 3.8) is 0 Å². The summed E-state index contributed by atoms with van der Waals surface area (Å²) < 4.78 is 11.2. The van der Waals surface area contributed by atoms with Gasteiger partial charge in [0.05, 0.1) is 24.1 Å². The predicted molar refractivity (Wildman–Crippen MR) is 169 cm³/mol. The van der Waals surface area contributed by atoms with Gasteiger partial charge in [0.25, 0.3) is 5.91 Å². The minimum Gasteiger partial charge on any atom is -0.492 e. The summed E-state index contributed by atoms with van der Waals surface area (Å²) in [5.41, 5.74) is 1.80. The molecular formula is C32H41N7O5. The number of aromatic nitrogens is 2. The van der Waals surface area contributed by atoms with Gasteiger partial charge in [-0.1, -0.05) is 18.2 Å². The first-order chi connectivity index (χ1) is 21.0. The number of ether oxygens (including phenoxy) is 2. The molecule has 0 aliphatic carbocycles. The SMILES string of the molecule is CN(C)CCOc1ccc(CN(C=O)c2cccc(C(=O)Nc3cnccc3N3CCN(C(=O)OC(C)(C)C)CC3)n2)cc1. The van der Waals surface area contributed by atoms with Crippen molar-refractivity contribution in [2.24, 2.45) is 0 Å². The summed E-state index contributed by atoms with van der Waals surface area (Å²) in [4.78, 5) is 53.7. The van der Waals surface area contributed by atoms with Gasteiger partial charge in [-0.25, -0.2) is 9.78 Å². The van der Waals surface area contributed by atoms with E-state index in [9.17, 15) is 14.4 Å². The summed E-state index contributed by atoms with van der Waals surface area (Å²) in [6.07, 6.45) is 3.61. The molecule has 0 saturated carbocycles. The second-order valence-corrected chi connectivity index (χ2v) is 11.7. The maximum absolute atomic E-state index is 13.3. The molecule has 0 unspecified atom stereocenters. The number of carbonyl (C=O) groups is 3. The lowest BCUT2D eigenvalue weighted by Crippen LogP contribution is -2.50. The lowest BCUT2D eigenvalue weighted by Gasteiger charge is -2.37. The van der Waals surface area contributed by atoms with Gasteiger partial charge < -0.3 is 29.5 Å². The quantitative estimate of drug-likeness (QED) is 0.326. The molecule has 1 saturated heterocycles. The van der Waals surface area contributed by atoms with E-state index in [2.05, 4.69) is 20.2 Å². The Hall–Kier alpha value is -4.71. The summed E-state index contributed by atoms with van der Waals surface area (Å²) in [7, 11) is 3.98. The van der Waals surface area contributed by atoms with E-state index >= 15 is 0 Å². The molecular weight excluding hydrogens is 562 g/mol. The van der Waals surface area contributed by atoms with Gasteiger partial charge in [0.1, 0.15) is 29.5 Å². The average molecular weight is 604 g/mol. The Labute approximate surface area is 258 Å². The number of piperazine rings is 1. The van der Waals surface area contributed by atoms with Crippen LogP contribution in [0.2, 0.25) is 0 Å². The number of hydrogen-bond acceptors (Lipinski definition) is 9. The first-order valence-corrected chi connectivity index (χ1v) is 14.6. The van der Waals surface area contributed by atoms with Gasteiger partial charge in [0.2, 0.25) is 6.41 Å². The Kier molecular flexibility index (Phi) is 10.7. The van der Waals surface area contributed by atoms with Crippen molar-refractivity contribution < 1.29 is 23.9 Å². The average Bonchev–Trinajstić information content (AvgIpc) is 3.00. The number of pyridine rings is 2. The van der Waals surface area contributed by atoms with Gasteiger partial charge in [0.15, 0.2) is 0 Å². The van der Waals surface area contributed by atoms with Crippen molar-refractivity contribution in [3.8, 4) is 5.75 Å². The molecule has 1 aliphatic heterocycles. The third kappa shape index (κ3) is 9.14. The van der Waals surface area contributed by atoms with E-state index in [-0.39, 0.29) is 18.3 Å². The Morgan fingerprint density at radius 1 is 1.02 bits per heavy atom. The Bertz CT molecular complexity index is 1420. The van der Waals surface area contributed by atoms with Gasteiger partial charge in [-0.15, -0.1) is 0 Å². The van der Waals surface area contributed by atoms with Crippen molar-refractivity contribution in [1.82, 2.24) is 19.8 Å². The normalized spacial score (nSPS) is 13.4. The highest BCUT2D eigenvalue weighted by Crippen LogP contribution is 2.27. The maximum atomic E-state index is 13.3. The third-order valence-corrected chi connectivity index (χ3v) is 6.79. The first-order valence-electron chi connectivity index (χ1n) is 14.6. The van der Waals surface area contributed by atoms with E-state index in [1.807, 2.05) is 70.1 Å². The smallest absolute Gasteiger partial charge is 0.410 e. The number of hydrogen-bond donors (Lipinski definition) is 1. The van der Waals surface area contributed by atoms with E-state index < -0.39 is 11.5 Å². The molecule has 1 aliphatic rings. The molecule has 3 aromatic rings. The molecule has 1 fully saturated rings. The van der Waals surface area contributed by atoms with Crippen LogP contribution in [0, 0.1) is 0 Å². The Morgan fingerprint density at radius 2 is 1.75 bits per heavy atom. The zero-order valence-corrected chi connectivity index (χ0v) is 26.0. The van der Waals surface area contributed by atoms with Crippen molar-refractivity contribution >= 4 is 35.6 Å². The van der Waals surface area contributed by atoms with Crippen LogP contribution < -0.4 is 19.9 Å². The maximum Gasteiger partial charge on any atom is 0.410 e. The molecule has 12 nitrogen and oxygen atoms in total. The lowest BCUT2D eigenvalue weighted by atomic mass is 10.2. The number of benzene rings is 1. The summed E-state index contributed by atoms with van der Waals surface area (Å²) in [6.45, 7) is 9.31. The highest BCUT2D eigenvalue weighted by molar-refractivity contribution is 6.04. The molecule has 234 valence electrons. The van der Waals surface area contributed by atoms with E-state index in [0.29, 0.717) is 50.7 Å². The van der Waals surface area contributed by atoms with E-state index in [1.54, 1.807) is 35.5 Å². The molecule has 2 aromatic heterocycles. The summed E-state index contributed by atoms with van der Waals surface area (Å²) in [5, 5.41) is 2.92. The van der Waals surface area contributed by atoms with Crippen LogP contribution in [-0.4, -0.2) is 97.2 Å². The van der Waals surface area contributed by atoms with Crippen molar-refractivity contribution in [2.75, 3.05) is 68.5 Å². The number of anilines is 3. The topological polar surface area (TPSA) is 120 Å². The third-order valence-electron chi connectivity index (χ3n) is 6.79. The summed E-state index contributed by atoms with van der Waals surface area (Å²) in [6, 6.07) is 14.3. The van der Waals surface area contributed by atoms with Crippen LogP contribution in [0.3, 0.4) is 0 Å². The molecule has 44 heavy (non-hydrogen) atoms. The largest absolute Gasteiger partial charge is 0.492 e. The van der Waals surface area contributed by atoms with Crippen LogP contribution in [0.1, 0.15) is 36.8 Å². The fourth-order valence-electron chi connectivity index (χ4n) is 4.52. The highest BCUT2D eigenvalue weighted by Gasteiger charge is 2.27. The van der Waals surface area contributed by atoms with Gasteiger partial charge in [-0.05, 0) is 70.8 Å². The monoisotopic (exact) mass is 603 g/mol.